The Bertz CT molecular complexity index is 619. The van der Waals surface area contributed by atoms with Crippen LogP contribution in [0.15, 0.2) is 12.3 Å². The molecule has 8 heteroatoms. The van der Waals surface area contributed by atoms with Crippen LogP contribution in [-0.2, 0) is 12.6 Å². The number of fused-ring (bicyclic) bond motifs is 1. The molecule has 5 nitrogen and oxygen atoms in total. The number of aromatic carboxylic acids is 1. The summed E-state index contributed by atoms with van der Waals surface area (Å²) in [4.78, 5) is 14.6. The fourth-order valence-corrected chi connectivity index (χ4v) is 1.54. The highest BCUT2D eigenvalue weighted by Crippen LogP contribution is 2.30. The largest absolute Gasteiger partial charge is 0.545 e. The van der Waals surface area contributed by atoms with E-state index in [0.29, 0.717) is 4.52 Å². The van der Waals surface area contributed by atoms with E-state index in [2.05, 4.69) is 10.1 Å². The van der Waals surface area contributed by atoms with Crippen molar-refractivity contribution in [2.75, 3.05) is 0 Å². The molecule has 96 valence electrons. The number of nitrogens with zero attached hydrogens (tertiary/aromatic N) is 3. The Morgan fingerprint density at radius 3 is 2.67 bits per heavy atom. The van der Waals surface area contributed by atoms with Gasteiger partial charge in [0.1, 0.15) is 5.69 Å². The van der Waals surface area contributed by atoms with Crippen molar-refractivity contribution in [3.05, 3.63) is 29.2 Å². The number of hydrogen-bond donors (Lipinski definition) is 0. The van der Waals surface area contributed by atoms with Gasteiger partial charge in [0.25, 0.3) is 0 Å². The molecule has 0 unspecified atom stereocenters. The van der Waals surface area contributed by atoms with Crippen molar-refractivity contribution in [3.8, 4) is 0 Å². The number of rotatable bonds is 2. The van der Waals surface area contributed by atoms with Crippen molar-refractivity contribution in [2.45, 2.75) is 19.5 Å². The standard InChI is InChI=1S/C10H8F3N3O2/c1-2-5-3-7(10(11,12)13)16-8(15-5)6(4-14-16)9(17)18/h3-4H,2H2,1H3,(H,17,18)/p-1. The summed E-state index contributed by atoms with van der Waals surface area (Å²) < 4.78 is 38.8. The van der Waals surface area contributed by atoms with Crippen LogP contribution < -0.4 is 5.11 Å². The number of carbonyl (C=O) groups excluding carboxylic acids is 1. The highest BCUT2D eigenvalue weighted by atomic mass is 19.4. The molecule has 0 fully saturated rings. The van der Waals surface area contributed by atoms with E-state index < -0.39 is 23.4 Å². The Hall–Kier alpha value is -2.12. The second-order valence-electron chi connectivity index (χ2n) is 3.57. The Kier molecular flexibility index (Phi) is 2.72. The van der Waals surface area contributed by atoms with Crippen LogP contribution in [0.1, 0.15) is 28.7 Å². The predicted molar refractivity (Wildman–Crippen MR) is 51.7 cm³/mol. The summed E-state index contributed by atoms with van der Waals surface area (Å²) >= 11 is 0. The van der Waals surface area contributed by atoms with Gasteiger partial charge in [0.05, 0.1) is 17.7 Å². The molecule has 0 aromatic carbocycles. The van der Waals surface area contributed by atoms with Crippen molar-refractivity contribution < 1.29 is 23.1 Å². The summed E-state index contributed by atoms with van der Waals surface area (Å²) in [6.07, 6.45) is -3.59. The molecular formula is C10H7F3N3O2-. The zero-order valence-corrected chi connectivity index (χ0v) is 9.15. The number of aromatic nitrogens is 3. The second-order valence-corrected chi connectivity index (χ2v) is 3.57. The molecule has 18 heavy (non-hydrogen) atoms. The number of carboxylic acid groups (broad SMARTS) is 1. The van der Waals surface area contributed by atoms with Gasteiger partial charge in [-0.3, -0.25) is 0 Å². The highest BCUT2D eigenvalue weighted by molar-refractivity contribution is 5.92. The predicted octanol–water partition coefficient (Wildman–Crippen LogP) is 0.674. The van der Waals surface area contributed by atoms with Gasteiger partial charge in [-0.15, -0.1) is 0 Å². The van der Waals surface area contributed by atoms with E-state index in [9.17, 15) is 23.1 Å². The molecule has 2 aromatic heterocycles. The van der Waals surface area contributed by atoms with Gasteiger partial charge in [-0.05, 0) is 12.5 Å². The van der Waals surface area contributed by atoms with E-state index in [1.165, 1.54) is 0 Å². The van der Waals surface area contributed by atoms with E-state index in [-0.39, 0.29) is 17.8 Å². The molecule has 0 atom stereocenters. The van der Waals surface area contributed by atoms with Gasteiger partial charge in [0.15, 0.2) is 5.65 Å². The molecular weight excluding hydrogens is 251 g/mol. The quantitative estimate of drug-likeness (QED) is 0.794. The minimum Gasteiger partial charge on any atom is -0.545 e. The van der Waals surface area contributed by atoms with E-state index in [0.717, 1.165) is 12.3 Å². The first-order valence-corrected chi connectivity index (χ1v) is 5.00. The van der Waals surface area contributed by atoms with Gasteiger partial charge >= 0.3 is 6.18 Å². The van der Waals surface area contributed by atoms with Crippen molar-refractivity contribution in [1.82, 2.24) is 14.6 Å². The molecule has 0 aliphatic rings. The first-order chi connectivity index (χ1) is 8.34. The van der Waals surface area contributed by atoms with Gasteiger partial charge in [-0.1, -0.05) is 6.92 Å². The first kappa shape index (κ1) is 12.3. The lowest BCUT2D eigenvalue weighted by Crippen LogP contribution is -2.22. The second kappa shape index (κ2) is 3.97. The van der Waals surface area contributed by atoms with Gasteiger partial charge < -0.3 is 9.90 Å². The first-order valence-electron chi connectivity index (χ1n) is 5.00. The van der Waals surface area contributed by atoms with Crippen LogP contribution in [-0.4, -0.2) is 20.6 Å². The van der Waals surface area contributed by atoms with Gasteiger partial charge in [0, 0.05) is 5.69 Å². The number of alkyl halides is 3. The van der Waals surface area contributed by atoms with E-state index in [1.807, 2.05) is 0 Å². The molecule has 0 saturated carbocycles. The highest BCUT2D eigenvalue weighted by Gasteiger charge is 2.35. The summed E-state index contributed by atoms with van der Waals surface area (Å²) in [6.45, 7) is 1.62. The van der Waals surface area contributed by atoms with Crippen LogP contribution in [0, 0.1) is 0 Å². The zero-order chi connectivity index (χ0) is 13.5. The SMILES string of the molecule is CCc1cc(C(F)(F)F)n2ncc(C(=O)[O-])c2n1. The maximum Gasteiger partial charge on any atom is 0.433 e. The lowest BCUT2D eigenvalue weighted by Gasteiger charge is -2.10. The summed E-state index contributed by atoms with van der Waals surface area (Å²) in [6, 6.07) is 0.846. The summed E-state index contributed by atoms with van der Waals surface area (Å²) in [7, 11) is 0. The van der Waals surface area contributed by atoms with Crippen LogP contribution in [0.5, 0.6) is 0 Å². The van der Waals surface area contributed by atoms with Gasteiger partial charge in [-0.2, -0.15) is 18.3 Å². The van der Waals surface area contributed by atoms with E-state index in [1.54, 1.807) is 6.92 Å². The smallest absolute Gasteiger partial charge is 0.433 e. The van der Waals surface area contributed by atoms with Crippen molar-refractivity contribution in [3.63, 3.8) is 0 Å². The number of hydrogen-bond acceptors (Lipinski definition) is 4. The van der Waals surface area contributed by atoms with Crippen LogP contribution in [0.4, 0.5) is 13.2 Å². The molecule has 0 aliphatic heterocycles. The topological polar surface area (TPSA) is 70.3 Å². The minimum absolute atomic E-state index is 0.137. The Balaban J connectivity index is 2.83. The van der Waals surface area contributed by atoms with Crippen molar-refractivity contribution in [1.29, 1.82) is 0 Å². The molecule has 0 aliphatic carbocycles. The Morgan fingerprint density at radius 1 is 1.50 bits per heavy atom. The maximum atomic E-state index is 12.8. The summed E-state index contributed by atoms with van der Waals surface area (Å²) in [5, 5.41) is 14.1. The van der Waals surface area contributed by atoms with Crippen LogP contribution in [0.2, 0.25) is 0 Å². The summed E-state index contributed by atoms with van der Waals surface area (Å²) in [5.74, 6) is -1.61. The fourth-order valence-electron chi connectivity index (χ4n) is 1.54. The van der Waals surface area contributed by atoms with E-state index >= 15 is 0 Å². The molecule has 2 rings (SSSR count). The average molecular weight is 258 g/mol. The molecule has 0 spiro atoms. The molecule has 0 N–H and O–H groups in total. The Labute approximate surface area is 98.9 Å². The van der Waals surface area contributed by atoms with Crippen LogP contribution in [0.3, 0.4) is 0 Å². The van der Waals surface area contributed by atoms with Crippen molar-refractivity contribution in [2.24, 2.45) is 0 Å². The maximum absolute atomic E-state index is 12.8. The zero-order valence-electron chi connectivity index (χ0n) is 9.15. The molecule has 0 bridgehead atoms. The lowest BCUT2D eigenvalue weighted by molar-refractivity contribution is -0.254. The minimum atomic E-state index is -4.64. The molecule has 2 heterocycles. The lowest BCUT2D eigenvalue weighted by atomic mass is 10.2. The molecule has 0 saturated heterocycles. The third kappa shape index (κ3) is 1.89. The molecule has 0 radical (unpaired) electrons. The summed E-state index contributed by atoms with van der Waals surface area (Å²) in [5.41, 5.74) is -1.74. The van der Waals surface area contributed by atoms with Crippen LogP contribution >= 0.6 is 0 Å². The average Bonchev–Trinajstić information content (AvgIpc) is 2.69. The molecule has 0 amide bonds. The monoisotopic (exact) mass is 258 g/mol. The van der Waals surface area contributed by atoms with Crippen molar-refractivity contribution >= 4 is 11.6 Å². The normalized spacial score (nSPS) is 12.0. The third-order valence-corrected chi connectivity index (χ3v) is 2.40. The van der Waals surface area contributed by atoms with E-state index in [4.69, 9.17) is 0 Å². The third-order valence-electron chi connectivity index (χ3n) is 2.40. The van der Waals surface area contributed by atoms with Crippen LogP contribution in [0.25, 0.3) is 5.65 Å². The Morgan fingerprint density at radius 2 is 2.17 bits per heavy atom. The number of carboxylic acids is 1. The fraction of sp³-hybridized carbons (Fsp3) is 0.300. The molecule has 2 aromatic rings. The van der Waals surface area contributed by atoms with Gasteiger partial charge in [-0.25, -0.2) is 9.50 Å². The number of carbonyl (C=O) groups is 1. The number of aryl methyl sites for hydroxylation is 1. The number of halogens is 3. The van der Waals surface area contributed by atoms with Gasteiger partial charge in [0.2, 0.25) is 0 Å².